The SMILES string of the molecule is COC(OC)[C@@H]1CN(C(=O)OC(C)(C)C)C[C@H]1C(=O)O. The molecule has 0 unspecified atom stereocenters. The van der Waals surface area contributed by atoms with E-state index in [0.29, 0.717) is 0 Å². The molecular formula is C13H23NO6. The zero-order chi connectivity index (χ0) is 15.5. The summed E-state index contributed by atoms with van der Waals surface area (Å²) in [5.74, 6) is -2.12. The Hall–Kier alpha value is -1.34. The molecule has 1 N–H and O–H groups in total. The number of carbonyl (C=O) groups is 2. The highest BCUT2D eigenvalue weighted by molar-refractivity contribution is 5.74. The molecule has 0 aromatic rings. The van der Waals surface area contributed by atoms with Gasteiger partial charge in [0.1, 0.15) is 5.60 Å². The van der Waals surface area contributed by atoms with Crippen LogP contribution in [0.2, 0.25) is 0 Å². The third kappa shape index (κ3) is 4.08. The minimum atomic E-state index is -0.972. The lowest BCUT2D eigenvalue weighted by Gasteiger charge is -2.25. The number of rotatable bonds is 4. The number of ether oxygens (including phenoxy) is 3. The highest BCUT2D eigenvalue weighted by Gasteiger charge is 2.45. The second-order valence-electron chi connectivity index (χ2n) is 5.83. The summed E-state index contributed by atoms with van der Waals surface area (Å²) in [5, 5.41) is 9.27. The van der Waals surface area contributed by atoms with E-state index in [1.165, 1.54) is 19.1 Å². The average molecular weight is 289 g/mol. The maximum absolute atomic E-state index is 12.0. The molecule has 2 atom stereocenters. The molecule has 1 fully saturated rings. The lowest BCUT2D eigenvalue weighted by molar-refractivity contribution is -0.161. The summed E-state index contributed by atoms with van der Waals surface area (Å²) in [6.45, 7) is 5.62. The van der Waals surface area contributed by atoms with E-state index in [1.54, 1.807) is 20.8 Å². The molecule has 0 radical (unpaired) electrons. The zero-order valence-electron chi connectivity index (χ0n) is 12.6. The molecule has 1 aliphatic rings. The molecule has 1 saturated heterocycles. The summed E-state index contributed by atoms with van der Waals surface area (Å²) in [4.78, 5) is 24.7. The minimum Gasteiger partial charge on any atom is -0.481 e. The molecular weight excluding hydrogens is 266 g/mol. The number of likely N-dealkylation sites (tertiary alicyclic amines) is 1. The van der Waals surface area contributed by atoms with Crippen LogP contribution in [0.5, 0.6) is 0 Å². The number of aliphatic carboxylic acids is 1. The first-order valence-corrected chi connectivity index (χ1v) is 6.46. The van der Waals surface area contributed by atoms with Crippen molar-refractivity contribution in [2.45, 2.75) is 32.7 Å². The van der Waals surface area contributed by atoms with Crippen molar-refractivity contribution < 1.29 is 28.9 Å². The van der Waals surface area contributed by atoms with Gasteiger partial charge in [-0.25, -0.2) is 4.79 Å². The van der Waals surface area contributed by atoms with Crippen molar-refractivity contribution >= 4 is 12.1 Å². The van der Waals surface area contributed by atoms with Crippen LogP contribution in [0.1, 0.15) is 20.8 Å². The number of carbonyl (C=O) groups excluding carboxylic acids is 1. The number of hydrogen-bond donors (Lipinski definition) is 1. The van der Waals surface area contributed by atoms with Crippen LogP contribution in [0, 0.1) is 11.8 Å². The minimum absolute atomic E-state index is 0.0954. The molecule has 0 aromatic heterocycles. The molecule has 0 aromatic carbocycles. The summed E-state index contributed by atoms with van der Waals surface area (Å²) < 4.78 is 15.5. The van der Waals surface area contributed by atoms with E-state index in [4.69, 9.17) is 14.2 Å². The predicted octanol–water partition coefficient (Wildman–Crippen LogP) is 1.17. The number of carboxylic acid groups (broad SMARTS) is 1. The molecule has 0 aliphatic carbocycles. The molecule has 0 spiro atoms. The average Bonchev–Trinajstić information content (AvgIpc) is 2.73. The van der Waals surface area contributed by atoms with Crippen LogP contribution in [0.25, 0.3) is 0 Å². The number of amides is 1. The van der Waals surface area contributed by atoms with Gasteiger partial charge < -0.3 is 24.2 Å². The van der Waals surface area contributed by atoms with Gasteiger partial charge in [0.2, 0.25) is 0 Å². The lowest BCUT2D eigenvalue weighted by atomic mass is 9.95. The molecule has 116 valence electrons. The van der Waals surface area contributed by atoms with Crippen LogP contribution in [0.3, 0.4) is 0 Å². The summed E-state index contributed by atoms with van der Waals surface area (Å²) in [7, 11) is 2.90. The van der Waals surface area contributed by atoms with Crippen molar-refractivity contribution in [1.82, 2.24) is 4.90 Å². The Morgan fingerprint density at radius 1 is 1.20 bits per heavy atom. The van der Waals surface area contributed by atoms with Gasteiger partial charge in [-0.2, -0.15) is 0 Å². The zero-order valence-corrected chi connectivity index (χ0v) is 12.6. The quantitative estimate of drug-likeness (QED) is 0.782. The summed E-state index contributed by atoms with van der Waals surface area (Å²) >= 11 is 0. The predicted molar refractivity (Wildman–Crippen MR) is 70.2 cm³/mol. The Balaban J connectivity index is 2.80. The van der Waals surface area contributed by atoms with Crippen molar-refractivity contribution in [3.63, 3.8) is 0 Å². The second kappa shape index (κ2) is 6.41. The van der Waals surface area contributed by atoms with Gasteiger partial charge in [-0.15, -0.1) is 0 Å². The molecule has 1 rings (SSSR count). The molecule has 1 amide bonds. The maximum Gasteiger partial charge on any atom is 0.410 e. The molecule has 1 aliphatic heterocycles. The van der Waals surface area contributed by atoms with Gasteiger partial charge in [-0.05, 0) is 20.8 Å². The molecule has 7 nitrogen and oxygen atoms in total. The maximum atomic E-state index is 12.0. The van der Waals surface area contributed by atoms with Crippen LogP contribution in [0.15, 0.2) is 0 Å². The van der Waals surface area contributed by atoms with E-state index in [-0.39, 0.29) is 13.1 Å². The first-order valence-electron chi connectivity index (χ1n) is 6.46. The Kier molecular flexibility index (Phi) is 5.35. The fraction of sp³-hybridized carbons (Fsp3) is 0.846. The molecule has 0 saturated carbocycles. The largest absolute Gasteiger partial charge is 0.481 e. The highest BCUT2D eigenvalue weighted by atomic mass is 16.7. The van der Waals surface area contributed by atoms with E-state index in [1.807, 2.05) is 0 Å². The van der Waals surface area contributed by atoms with Crippen LogP contribution < -0.4 is 0 Å². The third-order valence-corrected chi connectivity index (χ3v) is 3.15. The summed E-state index contributed by atoms with van der Waals surface area (Å²) in [5.41, 5.74) is -0.615. The standard InChI is InChI=1S/C13H23NO6/c1-13(2,3)20-12(17)14-6-8(10(15)16)9(7-14)11(18-4)19-5/h8-9,11H,6-7H2,1-5H3,(H,15,16)/t8-,9-/m1/s1. The van der Waals surface area contributed by atoms with E-state index in [9.17, 15) is 14.7 Å². The topological polar surface area (TPSA) is 85.3 Å². The van der Waals surface area contributed by atoms with E-state index in [0.717, 1.165) is 0 Å². The third-order valence-electron chi connectivity index (χ3n) is 3.15. The Labute approximate surface area is 118 Å². The van der Waals surface area contributed by atoms with Crippen LogP contribution in [-0.2, 0) is 19.0 Å². The normalized spacial score (nSPS) is 23.2. The smallest absolute Gasteiger partial charge is 0.410 e. The van der Waals surface area contributed by atoms with Gasteiger partial charge in [-0.3, -0.25) is 4.79 Å². The van der Waals surface area contributed by atoms with Crippen molar-refractivity contribution in [1.29, 1.82) is 0 Å². The van der Waals surface area contributed by atoms with Crippen molar-refractivity contribution in [3.8, 4) is 0 Å². The van der Waals surface area contributed by atoms with E-state index >= 15 is 0 Å². The summed E-state index contributed by atoms with van der Waals surface area (Å²) in [6.07, 6.45) is -1.18. The van der Waals surface area contributed by atoms with Crippen LogP contribution in [0.4, 0.5) is 4.79 Å². The fourth-order valence-corrected chi connectivity index (χ4v) is 2.29. The Morgan fingerprint density at radius 3 is 2.15 bits per heavy atom. The van der Waals surface area contributed by atoms with Gasteiger partial charge in [0, 0.05) is 33.2 Å². The molecule has 20 heavy (non-hydrogen) atoms. The first-order chi connectivity index (χ1) is 9.19. The lowest BCUT2D eigenvalue weighted by Crippen LogP contribution is -2.36. The number of hydrogen-bond acceptors (Lipinski definition) is 5. The number of methoxy groups -OCH3 is 2. The molecule has 1 heterocycles. The van der Waals surface area contributed by atoms with Gasteiger partial charge in [0.15, 0.2) is 6.29 Å². The van der Waals surface area contributed by atoms with Crippen molar-refractivity contribution in [2.24, 2.45) is 11.8 Å². The Morgan fingerprint density at radius 2 is 1.75 bits per heavy atom. The second-order valence-corrected chi connectivity index (χ2v) is 5.83. The molecule has 0 bridgehead atoms. The van der Waals surface area contributed by atoms with Crippen molar-refractivity contribution in [3.05, 3.63) is 0 Å². The van der Waals surface area contributed by atoms with Crippen LogP contribution >= 0.6 is 0 Å². The highest BCUT2D eigenvalue weighted by Crippen LogP contribution is 2.29. The number of carboxylic acids is 1. The molecule has 7 heteroatoms. The number of nitrogens with zero attached hydrogens (tertiary/aromatic N) is 1. The van der Waals surface area contributed by atoms with Crippen molar-refractivity contribution in [2.75, 3.05) is 27.3 Å². The van der Waals surface area contributed by atoms with Gasteiger partial charge in [0.25, 0.3) is 0 Å². The fourth-order valence-electron chi connectivity index (χ4n) is 2.29. The van der Waals surface area contributed by atoms with Crippen LogP contribution in [-0.4, -0.2) is 61.3 Å². The Bertz CT molecular complexity index is 360. The first kappa shape index (κ1) is 16.7. The monoisotopic (exact) mass is 289 g/mol. The van der Waals surface area contributed by atoms with Gasteiger partial charge >= 0.3 is 12.1 Å². The van der Waals surface area contributed by atoms with Gasteiger partial charge in [-0.1, -0.05) is 0 Å². The van der Waals surface area contributed by atoms with Gasteiger partial charge in [0.05, 0.1) is 5.92 Å². The van der Waals surface area contributed by atoms with E-state index in [2.05, 4.69) is 0 Å². The summed E-state index contributed by atoms with van der Waals surface area (Å²) in [6, 6.07) is 0. The van der Waals surface area contributed by atoms with E-state index < -0.39 is 35.8 Å².